The Bertz CT molecular complexity index is 489. The van der Waals surface area contributed by atoms with E-state index in [1.807, 2.05) is 6.92 Å². The van der Waals surface area contributed by atoms with Crippen molar-refractivity contribution in [1.82, 2.24) is 0 Å². The highest BCUT2D eigenvalue weighted by Gasteiger charge is 2.28. The summed E-state index contributed by atoms with van der Waals surface area (Å²) < 4.78 is 44.3. The minimum Gasteiger partial charge on any atom is -0.490 e. The van der Waals surface area contributed by atoms with Crippen molar-refractivity contribution in [3.63, 3.8) is 0 Å². The Morgan fingerprint density at radius 1 is 1.25 bits per heavy atom. The lowest BCUT2D eigenvalue weighted by Crippen LogP contribution is -2.18. The number of aryl methyl sites for hydroxylation is 1. The molecule has 0 aliphatic heterocycles. The average Bonchev–Trinajstić information content (AvgIpc) is 2.36. The Morgan fingerprint density at radius 2 is 2.00 bits per heavy atom. The molecule has 0 bridgehead atoms. The summed E-state index contributed by atoms with van der Waals surface area (Å²) in [5.74, 6) is 6.61. The summed E-state index contributed by atoms with van der Waals surface area (Å²) in [6.07, 6.45) is -4.11. The molecule has 2 nitrogen and oxygen atoms in total. The van der Waals surface area contributed by atoms with Gasteiger partial charge in [0.25, 0.3) is 0 Å². The Morgan fingerprint density at radius 3 is 2.65 bits per heavy atom. The van der Waals surface area contributed by atoms with Crippen LogP contribution < -0.4 is 4.74 Å². The van der Waals surface area contributed by atoms with Crippen molar-refractivity contribution >= 4 is 11.6 Å². The zero-order valence-electron chi connectivity index (χ0n) is 10.9. The van der Waals surface area contributed by atoms with Gasteiger partial charge in [-0.1, -0.05) is 17.9 Å². The molecule has 1 rings (SSSR count). The number of rotatable bonds is 5. The van der Waals surface area contributed by atoms with Crippen LogP contribution in [-0.4, -0.2) is 25.5 Å². The van der Waals surface area contributed by atoms with Crippen molar-refractivity contribution in [2.45, 2.75) is 19.7 Å². The zero-order valence-corrected chi connectivity index (χ0v) is 11.6. The molecule has 0 fully saturated rings. The number of hydrogen-bond acceptors (Lipinski definition) is 2. The first-order valence-corrected chi connectivity index (χ1v) is 6.45. The second-order valence-electron chi connectivity index (χ2n) is 3.88. The topological polar surface area (TPSA) is 18.5 Å². The van der Waals surface area contributed by atoms with Crippen LogP contribution in [0.2, 0.25) is 0 Å². The summed E-state index contributed by atoms with van der Waals surface area (Å²) in [4.78, 5) is 0. The predicted molar refractivity (Wildman–Crippen MR) is 70.9 cm³/mol. The summed E-state index contributed by atoms with van der Waals surface area (Å²) in [7, 11) is 0. The molecule has 6 heteroatoms. The van der Waals surface area contributed by atoms with E-state index in [0.717, 1.165) is 5.56 Å². The third kappa shape index (κ3) is 6.69. The fourth-order valence-corrected chi connectivity index (χ4v) is 1.48. The maximum Gasteiger partial charge on any atom is 0.522 e. The SMILES string of the molecule is Cc1ccc(OCCOC(F)(F)F)c(C#CCCCl)c1. The Labute approximate surface area is 120 Å². The van der Waals surface area contributed by atoms with E-state index in [-0.39, 0.29) is 6.61 Å². The first-order valence-electron chi connectivity index (χ1n) is 5.91. The van der Waals surface area contributed by atoms with Gasteiger partial charge < -0.3 is 4.74 Å². The lowest BCUT2D eigenvalue weighted by molar-refractivity contribution is -0.325. The Kier molecular flexibility index (Phi) is 6.69. The van der Waals surface area contributed by atoms with Crippen LogP contribution in [0.4, 0.5) is 13.2 Å². The maximum atomic E-state index is 11.8. The molecule has 0 amide bonds. The minimum absolute atomic E-state index is 0.202. The summed E-state index contributed by atoms with van der Waals surface area (Å²) in [5.41, 5.74) is 1.61. The summed E-state index contributed by atoms with van der Waals surface area (Å²) in [5, 5.41) is 0. The first-order chi connectivity index (χ1) is 9.42. The van der Waals surface area contributed by atoms with Crippen molar-refractivity contribution in [3.05, 3.63) is 29.3 Å². The standard InChI is InChI=1S/C14H14ClF3O2/c1-11-5-6-13(12(10-11)4-2-3-7-15)19-8-9-20-14(16,17)18/h5-6,10H,3,7-9H2,1H3. The van der Waals surface area contributed by atoms with E-state index in [2.05, 4.69) is 16.6 Å². The van der Waals surface area contributed by atoms with E-state index < -0.39 is 13.0 Å². The van der Waals surface area contributed by atoms with Crippen molar-refractivity contribution in [3.8, 4) is 17.6 Å². The number of ether oxygens (including phenoxy) is 2. The van der Waals surface area contributed by atoms with Gasteiger partial charge in [0, 0.05) is 12.3 Å². The summed E-state index contributed by atoms with van der Waals surface area (Å²) >= 11 is 5.53. The van der Waals surface area contributed by atoms with Crippen LogP contribution >= 0.6 is 11.6 Å². The monoisotopic (exact) mass is 306 g/mol. The molecule has 0 aliphatic carbocycles. The smallest absolute Gasteiger partial charge is 0.490 e. The van der Waals surface area contributed by atoms with Gasteiger partial charge in [-0.15, -0.1) is 24.8 Å². The molecule has 0 atom stereocenters. The largest absolute Gasteiger partial charge is 0.522 e. The lowest BCUT2D eigenvalue weighted by atomic mass is 10.1. The molecule has 0 radical (unpaired) electrons. The van der Waals surface area contributed by atoms with Crippen molar-refractivity contribution in [1.29, 1.82) is 0 Å². The second kappa shape index (κ2) is 8.03. The van der Waals surface area contributed by atoms with Crippen LogP contribution in [0.1, 0.15) is 17.5 Å². The van der Waals surface area contributed by atoms with Crippen molar-refractivity contribution in [2.75, 3.05) is 19.1 Å². The molecular formula is C14H14ClF3O2. The molecule has 0 heterocycles. The normalized spacial score (nSPS) is 10.8. The molecule has 1 aromatic carbocycles. The molecule has 110 valence electrons. The predicted octanol–water partition coefficient (Wildman–Crippen LogP) is 3.89. The third-order valence-corrected chi connectivity index (χ3v) is 2.37. The molecule has 20 heavy (non-hydrogen) atoms. The molecule has 0 saturated heterocycles. The van der Waals surface area contributed by atoms with E-state index in [1.54, 1.807) is 18.2 Å². The number of alkyl halides is 4. The van der Waals surface area contributed by atoms with E-state index in [4.69, 9.17) is 16.3 Å². The molecule has 0 spiro atoms. The highest BCUT2D eigenvalue weighted by atomic mass is 35.5. The van der Waals surface area contributed by atoms with Gasteiger partial charge in [0.1, 0.15) is 12.4 Å². The van der Waals surface area contributed by atoms with Gasteiger partial charge in [0.2, 0.25) is 0 Å². The fourth-order valence-electron chi connectivity index (χ4n) is 1.38. The number of benzene rings is 1. The van der Waals surface area contributed by atoms with Crippen LogP contribution in [0.15, 0.2) is 18.2 Å². The lowest BCUT2D eigenvalue weighted by Gasteiger charge is -2.10. The Balaban J connectivity index is 2.63. The van der Waals surface area contributed by atoms with E-state index in [9.17, 15) is 13.2 Å². The van der Waals surface area contributed by atoms with E-state index in [1.165, 1.54) is 0 Å². The average molecular weight is 307 g/mol. The highest BCUT2D eigenvalue weighted by Crippen LogP contribution is 2.20. The van der Waals surface area contributed by atoms with Gasteiger partial charge >= 0.3 is 6.36 Å². The maximum absolute atomic E-state index is 11.8. The van der Waals surface area contributed by atoms with Gasteiger partial charge in [-0.2, -0.15) is 0 Å². The fraction of sp³-hybridized carbons (Fsp3) is 0.429. The molecular weight excluding hydrogens is 293 g/mol. The number of halogens is 4. The third-order valence-electron chi connectivity index (χ3n) is 2.18. The second-order valence-corrected chi connectivity index (χ2v) is 4.26. The Hall–Kier alpha value is -1.38. The van der Waals surface area contributed by atoms with Crippen LogP contribution in [0.5, 0.6) is 5.75 Å². The molecule has 0 aromatic heterocycles. The molecule has 1 aromatic rings. The molecule has 0 N–H and O–H groups in total. The van der Waals surface area contributed by atoms with E-state index in [0.29, 0.717) is 23.6 Å². The first kappa shape index (κ1) is 16.7. The molecule has 0 saturated carbocycles. The molecule has 0 unspecified atom stereocenters. The van der Waals surface area contributed by atoms with Gasteiger partial charge in [0.15, 0.2) is 0 Å². The number of hydrogen-bond donors (Lipinski definition) is 0. The van der Waals surface area contributed by atoms with Crippen LogP contribution in [0, 0.1) is 18.8 Å². The van der Waals surface area contributed by atoms with Gasteiger partial charge in [-0.3, -0.25) is 4.74 Å². The van der Waals surface area contributed by atoms with Crippen LogP contribution in [0.25, 0.3) is 0 Å². The zero-order chi connectivity index (χ0) is 15.0. The van der Waals surface area contributed by atoms with Crippen LogP contribution in [-0.2, 0) is 4.74 Å². The summed E-state index contributed by atoms with van der Waals surface area (Å²) in [6, 6.07) is 5.28. The minimum atomic E-state index is -4.64. The summed E-state index contributed by atoms with van der Waals surface area (Å²) in [6.45, 7) is 1.13. The highest BCUT2D eigenvalue weighted by molar-refractivity contribution is 6.18. The van der Waals surface area contributed by atoms with Gasteiger partial charge in [-0.25, -0.2) is 0 Å². The van der Waals surface area contributed by atoms with Crippen molar-refractivity contribution < 1.29 is 22.6 Å². The van der Waals surface area contributed by atoms with Crippen molar-refractivity contribution in [2.24, 2.45) is 0 Å². The van der Waals surface area contributed by atoms with E-state index >= 15 is 0 Å². The van der Waals surface area contributed by atoms with Gasteiger partial charge in [0.05, 0.1) is 12.2 Å². The van der Waals surface area contributed by atoms with Gasteiger partial charge in [-0.05, 0) is 24.6 Å². The van der Waals surface area contributed by atoms with Crippen LogP contribution in [0.3, 0.4) is 0 Å². The molecule has 0 aliphatic rings. The quantitative estimate of drug-likeness (QED) is 0.467.